The van der Waals surface area contributed by atoms with Crippen molar-refractivity contribution in [2.75, 3.05) is 7.05 Å². The van der Waals surface area contributed by atoms with Crippen LogP contribution in [-0.2, 0) is 6.61 Å². The van der Waals surface area contributed by atoms with Gasteiger partial charge in [0, 0.05) is 18.0 Å². The zero-order valence-corrected chi connectivity index (χ0v) is 9.56. The van der Waals surface area contributed by atoms with Crippen molar-refractivity contribution in [2.45, 2.75) is 50.3 Å². The Kier molecular flexibility index (Phi) is 2.44. The normalized spacial score (nSPS) is 34.5. The number of nitrogens with zero attached hydrogens (tertiary/aromatic N) is 3. The van der Waals surface area contributed by atoms with E-state index >= 15 is 0 Å². The topological polar surface area (TPSA) is 65.0 Å². The molecule has 0 amide bonds. The first-order valence-corrected chi connectivity index (χ1v) is 6.02. The van der Waals surface area contributed by atoms with Gasteiger partial charge in [0.05, 0.1) is 0 Å². The van der Waals surface area contributed by atoms with E-state index in [-0.39, 0.29) is 6.61 Å². The first-order chi connectivity index (χ1) is 7.78. The molecule has 0 aliphatic carbocycles. The third-order valence-electron chi connectivity index (χ3n) is 4.16. The molecule has 5 nitrogen and oxygen atoms in total. The van der Waals surface area contributed by atoms with Crippen LogP contribution < -0.4 is 0 Å². The van der Waals surface area contributed by atoms with Crippen LogP contribution >= 0.6 is 0 Å². The van der Waals surface area contributed by atoms with Gasteiger partial charge in [-0.2, -0.15) is 5.10 Å². The molecule has 2 aliphatic rings. The fraction of sp³-hybridized carbons (Fsp3) is 0.818. The van der Waals surface area contributed by atoms with Gasteiger partial charge in [-0.3, -0.25) is 5.10 Å². The number of rotatable bonds is 2. The van der Waals surface area contributed by atoms with Crippen LogP contribution in [0.1, 0.15) is 43.3 Å². The number of aliphatic hydroxyl groups is 1. The van der Waals surface area contributed by atoms with Gasteiger partial charge in [0.1, 0.15) is 12.4 Å². The van der Waals surface area contributed by atoms with Crippen molar-refractivity contribution < 1.29 is 5.11 Å². The second-order valence-electron chi connectivity index (χ2n) is 5.02. The second-order valence-corrected chi connectivity index (χ2v) is 5.02. The molecule has 2 saturated heterocycles. The predicted octanol–water partition coefficient (Wildman–Crippen LogP) is 0.637. The Morgan fingerprint density at radius 3 is 2.62 bits per heavy atom. The highest BCUT2D eigenvalue weighted by molar-refractivity contribution is 5.06. The van der Waals surface area contributed by atoms with E-state index in [1.165, 1.54) is 12.8 Å². The number of aliphatic hydroxyl groups excluding tert-OH is 1. The van der Waals surface area contributed by atoms with Crippen LogP contribution in [0.15, 0.2) is 0 Å². The van der Waals surface area contributed by atoms with Crippen LogP contribution in [0.5, 0.6) is 0 Å². The summed E-state index contributed by atoms with van der Waals surface area (Å²) in [5.41, 5.74) is 0. The van der Waals surface area contributed by atoms with E-state index in [0.717, 1.165) is 18.7 Å². The number of fused-ring (bicyclic) bond motifs is 2. The zero-order chi connectivity index (χ0) is 11.1. The quantitative estimate of drug-likeness (QED) is 0.770. The van der Waals surface area contributed by atoms with Crippen LogP contribution in [0, 0.1) is 0 Å². The van der Waals surface area contributed by atoms with E-state index in [2.05, 4.69) is 27.1 Å². The van der Waals surface area contributed by atoms with Crippen molar-refractivity contribution >= 4 is 0 Å². The number of aromatic amines is 1. The Morgan fingerprint density at radius 1 is 1.38 bits per heavy atom. The van der Waals surface area contributed by atoms with Gasteiger partial charge in [-0.15, -0.1) is 0 Å². The lowest BCUT2D eigenvalue weighted by Gasteiger charge is -2.35. The molecule has 16 heavy (non-hydrogen) atoms. The molecule has 88 valence electrons. The van der Waals surface area contributed by atoms with E-state index in [1.54, 1.807) is 0 Å². The Hall–Kier alpha value is -0.940. The summed E-state index contributed by atoms with van der Waals surface area (Å²) in [5, 5.41) is 16.0. The Labute approximate surface area is 94.9 Å². The highest BCUT2D eigenvalue weighted by Crippen LogP contribution is 2.40. The largest absolute Gasteiger partial charge is 0.388 e. The second kappa shape index (κ2) is 3.82. The minimum Gasteiger partial charge on any atom is -0.388 e. The van der Waals surface area contributed by atoms with Crippen LogP contribution in [0.2, 0.25) is 0 Å². The number of hydrogen-bond acceptors (Lipinski definition) is 4. The molecule has 1 aromatic heterocycles. The molecule has 2 N–H and O–H groups in total. The maximum atomic E-state index is 8.97. The summed E-state index contributed by atoms with van der Waals surface area (Å²) in [7, 11) is 2.23. The van der Waals surface area contributed by atoms with Gasteiger partial charge < -0.3 is 10.0 Å². The lowest BCUT2D eigenvalue weighted by molar-refractivity contribution is 0.159. The van der Waals surface area contributed by atoms with Gasteiger partial charge in [-0.05, 0) is 32.7 Å². The van der Waals surface area contributed by atoms with Gasteiger partial charge in [0.25, 0.3) is 0 Å². The van der Waals surface area contributed by atoms with Crippen LogP contribution in [0.4, 0.5) is 0 Å². The van der Waals surface area contributed by atoms with E-state index in [4.69, 9.17) is 5.11 Å². The van der Waals surface area contributed by atoms with Crippen molar-refractivity contribution in [3.05, 3.63) is 11.6 Å². The number of hydrogen-bond donors (Lipinski definition) is 2. The molecule has 2 bridgehead atoms. The Morgan fingerprint density at radius 2 is 2.06 bits per heavy atom. The molecule has 0 spiro atoms. The molecule has 0 aromatic carbocycles. The Bertz CT molecular complexity index is 364. The monoisotopic (exact) mass is 222 g/mol. The van der Waals surface area contributed by atoms with E-state index in [0.29, 0.717) is 23.8 Å². The molecule has 3 rings (SSSR count). The maximum absolute atomic E-state index is 8.97. The zero-order valence-electron chi connectivity index (χ0n) is 9.56. The van der Waals surface area contributed by atoms with Crippen LogP contribution in [0.3, 0.4) is 0 Å². The van der Waals surface area contributed by atoms with Crippen LogP contribution in [0.25, 0.3) is 0 Å². The maximum Gasteiger partial charge on any atom is 0.153 e. The number of aromatic nitrogens is 3. The van der Waals surface area contributed by atoms with Gasteiger partial charge in [-0.1, -0.05) is 0 Å². The Balaban J connectivity index is 1.77. The lowest BCUT2D eigenvalue weighted by atomic mass is 9.90. The fourth-order valence-corrected chi connectivity index (χ4v) is 3.19. The summed E-state index contributed by atoms with van der Waals surface area (Å²) in [6.45, 7) is -0.0491. The summed E-state index contributed by atoms with van der Waals surface area (Å²) in [6, 6.07) is 1.42. The first-order valence-electron chi connectivity index (χ1n) is 6.02. The van der Waals surface area contributed by atoms with Crippen LogP contribution in [-0.4, -0.2) is 44.3 Å². The van der Waals surface area contributed by atoms with Crippen molar-refractivity contribution in [2.24, 2.45) is 0 Å². The molecule has 0 radical (unpaired) electrons. The van der Waals surface area contributed by atoms with Crippen molar-refractivity contribution in [3.63, 3.8) is 0 Å². The fourth-order valence-electron chi connectivity index (χ4n) is 3.19. The predicted molar refractivity (Wildman–Crippen MR) is 58.9 cm³/mol. The summed E-state index contributed by atoms with van der Waals surface area (Å²) >= 11 is 0. The lowest BCUT2D eigenvalue weighted by Crippen LogP contribution is -2.39. The van der Waals surface area contributed by atoms with Gasteiger partial charge >= 0.3 is 0 Å². The molecular formula is C11H18N4O. The molecular weight excluding hydrogens is 204 g/mol. The first kappa shape index (κ1) is 10.2. The minimum absolute atomic E-state index is 0.0491. The summed E-state index contributed by atoms with van der Waals surface area (Å²) in [4.78, 5) is 6.85. The molecule has 2 unspecified atom stereocenters. The molecule has 3 heterocycles. The SMILES string of the molecule is CN1C2CCC1CC(c1n[nH]c(CO)n1)C2. The molecule has 2 fully saturated rings. The van der Waals surface area contributed by atoms with E-state index < -0.39 is 0 Å². The summed E-state index contributed by atoms with van der Waals surface area (Å²) in [6.07, 6.45) is 4.95. The third kappa shape index (κ3) is 1.55. The minimum atomic E-state index is -0.0491. The van der Waals surface area contributed by atoms with Crippen molar-refractivity contribution in [1.82, 2.24) is 20.1 Å². The highest BCUT2D eigenvalue weighted by Gasteiger charge is 2.40. The molecule has 0 saturated carbocycles. The van der Waals surface area contributed by atoms with E-state index in [1.807, 2.05) is 0 Å². The van der Waals surface area contributed by atoms with E-state index in [9.17, 15) is 0 Å². The number of H-pyrrole nitrogens is 1. The molecule has 2 aliphatic heterocycles. The number of nitrogens with one attached hydrogen (secondary N) is 1. The summed E-state index contributed by atoms with van der Waals surface area (Å²) in [5.74, 6) is 1.96. The van der Waals surface area contributed by atoms with Gasteiger partial charge in [-0.25, -0.2) is 4.98 Å². The average molecular weight is 222 g/mol. The number of piperidine rings is 1. The summed E-state index contributed by atoms with van der Waals surface area (Å²) < 4.78 is 0. The van der Waals surface area contributed by atoms with Crippen molar-refractivity contribution in [3.8, 4) is 0 Å². The standard InChI is InChI=1S/C11H18N4O/c1-15-8-2-3-9(15)5-7(4-8)11-12-10(6-16)13-14-11/h7-9,16H,2-6H2,1H3,(H,12,13,14). The molecule has 5 heteroatoms. The van der Waals surface area contributed by atoms with Gasteiger partial charge in [0.2, 0.25) is 0 Å². The van der Waals surface area contributed by atoms with Crippen molar-refractivity contribution in [1.29, 1.82) is 0 Å². The molecule has 2 atom stereocenters. The van der Waals surface area contributed by atoms with Gasteiger partial charge in [0.15, 0.2) is 5.82 Å². The smallest absolute Gasteiger partial charge is 0.153 e. The third-order valence-corrected chi connectivity index (χ3v) is 4.16. The highest BCUT2D eigenvalue weighted by atomic mass is 16.3. The average Bonchev–Trinajstić information content (AvgIpc) is 2.82. The molecule has 1 aromatic rings.